The third-order valence-electron chi connectivity index (χ3n) is 4.90. The van der Waals surface area contributed by atoms with Gasteiger partial charge in [-0.1, -0.05) is 42.5 Å². The van der Waals surface area contributed by atoms with E-state index in [9.17, 15) is 10.1 Å². The van der Waals surface area contributed by atoms with Crippen LogP contribution in [0.4, 0.5) is 0 Å². The molecule has 31 heavy (non-hydrogen) atoms. The van der Waals surface area contributed by atoms with Crippen LogP contribution in [0.1, 0.15) is 5.56 Å². The number of carbonyl (C=O) groups excluding carboxylic acids is 1. The molecular weight excluding hydrogens is 406 g/mol. The minimum atomic E-state index is -0.476. The number of aliphatic imine (C=N–C) groups is 2. The Morgan fingerprint density at radius 2 is 2.00 bits per heavy atom. The van der Waals surface area contributed by atoms with Gasteiger partial charge in [-0.15, -0.1) is 11.3 Å². The fourth-order valence-corrected chi connectivity index (χ4v) is 4.13. The number of thiophene rings is 1. The fraction of sp³-hybridized carbons (Fsp3) is 0.0417. The molecule has 1 aliphatic carbocycles. The Labute approximate surface area is 182 Å². The molecule has 0 bridgehead atoms. The van der Waals surface area contributed by atoms with Crippen LogP contribution in [-0.2, 0) is 4.79 Å². The second kappa shape index (κ2) is 7.94. The number of aromatic nitrogens is 2. The van der Waals surface area contributed by atoms with Crippen LogP contribution in [0.3, 0.4) is 0 Å². The first-order chi connectivity index (χ1) is 15.2. The fourth-order valence-electron chi connectivity index (χ4n) is 3.40. The van der Waals surface area contributed by atoms with Crippen molar-refractivity contribution in [3.8, 4) is 22.3 Å². The van der Waals surface area contributed by atoms with Gasteiger partial charge >= 0.3 is 0 Å². The maximum Gasteiger partial charge on any atom is 0.260 e. The van der Waals surface area contributed by atoms with E-state index in [0.29, 0.717) is 5.71 Å². The van der Waals surface area contributed by atoms with E-state index in [4.69, 9.17) is 5.10 Å². The number of para-hydroxylation sites is 1. The van der Waals surface area contributed by atoms with Crippen LogP contribution in [0.5, 0.6) is 0 Å². The highest BCUT2D eigenvalue weighted by molar-refractivity contribution is 7.13. The van der Waals surface area contributed by atoms with Gasteiger partial charge in [0.25, 0.3) is 5.91 Å². The zero-order valence-corrected chi connectivity index (χ0v) is 17.0. The Balaban J connectivity index is 1.61. The summed E-state index contributed by atoms with van der Waals surface area (Å²) in [5.74, 6) is -0.667. The van der Waals surface area contributed by atoms with Gasteiger partial charge in [-0.05, 0) is 35.7 Å². The summed E-state index contributed by atoms with van der Waals surface area (Å²) in [7, 11) is 0. The summed E-state index contributed by atoms with van der Waals surface area (Å²) in [5, 5.41) is 16.6. The van der Waals surface area contributed by atoms with E-state index in [1.807, 2.05) is 60.1 Å². The van der Waals surface area contributed by atoms with Crippen molar-refractivity contribution < 1.29 is 4.79 Å². The van der Waals surface area contributed by atoms with Crippen LogP contribution in [0.2, 0.25) is 0 Å². The summed E-state index contributed by atoms with van der Waals surface area (Å²) in [5.41, 5.74) is 3.22. The number of rotatable bonds is 4. The molecule has 7 heteroatoms. The molecular formula is C24H15N5OS. The Morgan fingerprint density at radius 1 is 1.13 bits per heavy atom. The monoisotopic (exact) mass is 421 g/mol. The number of benzene rings is 1. The largest absolute Gasteiger partial charge is 0.271 e. The van der Waals surface area contributed by atoms with Crippen LogP contribution in [0.15, 0.2) is 93.9 Å². The first-order valence-corrected chi connectivity index (χ1v) is 10.5. The number of amides is 1. The van der Waals surface area contributed by atoms with Crippen molar-refractivity contribution >= 4 is 34.9 Å². The summed E-state index contributed by atoms with van der Waals surface area (Å²) in [6, 6.07) is 15.8. The molecule has 148 valence electrons. The summed E-state index contributed by atoms with van der Waals surface area (Å²) < 4.78 is 1.78. The molecule has 2 aromatic heterocycles. The molecule has 6 nitrogen and oxygen atoms in total. The molecule has 1 amide bonds. The molecule has 0 saturated heterocycles. The molecule has 1 aliphatic heterocycles. The Hall–Kier alpha value is -4.15. The predicted octanol–water partition coefficient (Wildman–Crippen LogP) is 4.63. The normalized spacial score (nSPS) is 17.7. The van der Waals surface area contributed by atoms with Crippen molar-refractivity contribution in [2.75, 3.05) is 0 Å². The van der Waals surface area contributed by atoms with Gasteiger partial charge in [-0.3, -0.25) is 4.79 Å². The van der Waals surface area contributed by atoms with Crippen LogP contribution >= 0.6 is 11.3 Å². The van der Waals surface area contributed by atoms with Gasteiger partial charge < -0.3 is 0 Å². The Kier molecular flexibility index (Phi) is 4.83. The van der Waals surface area contributed by atoms with Crippen LogP contribution in [0, 0.1) is 17.2 Å². The molecule has 3 heterocycles. The van der Waals surface area contributed by atoms with Gasteiger partial charge in [0.1, 0.15) is 17.7 Å². The van der Waals surface area contributed by atoms with E-state index in [1.165, 1.54) is 0 Å². The maximum absolute atomic E-state index is 12.4. The molecule has 0 saturated carbocycles. The highest BCUT2D eigenvalue weighted by atomic mass is 32.1. The third-order valence-corrected chi connectivity index (χ3v) is 5.77. The van der Waals surface area contributed by atoms with Crippen molar-refractivity contribution in [1.29, 1.82) is 5.26 Å². The lowest BCUT2D eigenvalue weighted by Gasteiger charge is -2.17. The van der Waals surface area contributed by atoms with Crippen LogP contribution in [-0.4, -0.2) is 27.2 Å². The van der Waals surface area contributed by atoms with E-state index in [2.05, 4.69) is 16.1 Å². The molecule has 0 N–H and O–H groups in total. The lowest BCUT2D eigenvalue weighted by molar-refractivity contribution is -0.118. The van der Waals surface area contributed by atoms with E-state index >= 15 is 0 Å². The molecule has 3 aromatic rings. The van der Waals surface area contributed by atoms with Crippen molar-refractivity contribution in [1.82, 2.24) is 9.78 Å². The number of nitrogens with zero attached hydrogens (tertiary/aromatic N) is 5. The second-order valence-electron chi connectivity index (χ2n) is 6.89. The second-order valence-corrected chi connectivity index (χ2v) is 7.84. The zero-order valence-electron chi connectivity index (χ0n) is 16.2. The molecule has 1 unspecified atom stereocenters. The zero-order chi connectivity index (χ0) is 21.2. The summed E-state index contributed by atoms with van der Waals surface area (Å²) in [4.78, 5) is 22.0. The molecule has 1 atom stereocenters. The minimum absolute atomic E-state index is 0.128. The van der Waals surface area contributed by atoms with Crippen molar-refractivity contribution in [3.63, 3.8) is 0 Å². The lowest BCUT2D eigenvalue weighted by atomic mass is 9.96. The molecule has 0 spiro atoms. The average molecular weight is 421 g/mol. The molecule has 0 radical (unpaired) electrons. The van der Waals surface area contributed by atoms with Crippen molar-refractivity contribution in [2.45, 2.75) is 0 Å². The topological polar surface area (TPSA) is 83.4 Å². The third kappa shape index (κ3) is 3.61. The molecule has 0 fully saturated rings. The van der Waals surface area contributed by atoms with E-state index in [1.54, 1.807) is 40.3 Å². The number of hydrogen-bond donors (Lipinski definition) is 0. The van der Waals surface area contributed by atoms with E-state index < -0.39 is 5.92 Å². The van der Waals surface area contributed by atoms with Gasteiger partial charge in [0, 0.05) is 11.8 Å². The van der Waals surface area contributed by atoms with Gasteiger partial charge in [0.15, 0.2) is 5.84 Å². The number of allylic oxidation sites excluding steroid dienone is 3. The predicted molar refractivity (Wildman–Crippen MR) is 122 cm³/mol. The van der Waals surface area contributed by atoms with Gasteiger partial charge in [-0.2, -0.15) is 15.4 Å². The molecule has 5 rings (SSSR count). The smallest absolute Gasteiger partial charge is 0.260 e. The standard InChI is InChI=1S/C24H15N5OS/c25-14-16(23-26-20-10-5-4-9-19(20)24(30)27-23)13-17-15-29(18-7-2-1-3-8-18)28-22(17)21-11-6-12-31-21/h1-13,15,19H/b16-13+. The quantitative estimate of drug-likeness (QED) is 0.576. The Bertz CT molecular complexity index is 1350. The number of nitriles is 1. The highest BCUT2D eigenvalue weighted by Crippen LogP contribution is 2.30. The minimum Gasteiger partial charge on any atom is -0.271 e. The van der Waals surface area contributed by atoms with Gasteiger partial charge in [0.05, 0.1) is 21.8 Å². The maximum atomic E-state index is 12.4. The van der Waals surface area contributed by atoms with Gasteiger partial charge in [-0.25, -0.2) is 9.67 Å². The summed E-state index contributed by atoms with van der Waals surface area (Å²) in [6.07, 6.45) is 10.7. The summed E-state index contributed by atoms with van der Waals surface area (Å²) >= 11 is 1.57. The average Bonchev–Trinajstić information content (AvgIpc) is 3.48. The van der Waals surface area contributed by atoms with Crippen molar-refractivity contribution in [3.05, 3.63) is 89.5 Å². The van der Waals surface area contributed by atoms with E-state index in [-0.39, 0.29) is 17.3 Å². The first kappa shape index (κ1) is 18.9. The number of hydrogen-bond acceptors (Lipinski definition) is 5. The van der Waals surface area contributed by atoms with Crippen LogP contribution in [0.25, 0.3) is 22.3 Å². The molecule has 2 aliphatic rings. The summed E-state index contributed by atoms with van der Waals surface area (Å²) in [6.45, 7) is 0. The van der Waals surface area contributed by atoms with Crippen LogP contribution < -0.4 is 0 Å². The molecule has 1 aromatic carbocycles. The first-order valence-electron chi connectivity index (χ1n) is 9.60. The van der Waals surface area contributed by atoms with E-state index in [0.717, 1.165) is 21.8 Å². The van der Waals surface area contributed by atoms with Crippen molar-refractivity contribution in [2.24, 2.45) is 15.9 Å². The Morgan fingerprint density at radius 3 is 2.77 bits per heavy atom. The number of fused-ring (bicyclic) bond motifs is 1. The highest BCUT2D eigenvalue weighted by Gasteiger charge is 2.27. The number of amidine groups is 1. The number of carbonyl (C=O) groups is 1. The lowest BCUT2D eigenvalue weighted by Crippen LogP contribution is -2.27. The SMILES string of the molecule is N#C/C(=C\c1cn(-c2ccccc2)nc1-c1cccs1)C1=NC(=O)C2C=CC=CC2=N1. The van der Waals surface area contributed by atoms with Gasteiger partial charge in [0.2, 0.25) is 0 Å².